The van der Waals surface area contributed by atoms with E-state index in [1.54, 1.807) is 29.2 Å². The lowest BCUT2D eigenvalue weighted by Crippen LogP contribution is -2.29. The van der Waals surface area contributed by atoms with E-state index in [1.807, 2.05) is 25.1 Å². The van der Waals surface area contributed by atoms with Crippen LogP contribution in [0.1, 0.15) is 61.5 Å². The number of nitriles is 1. The van der Waals surface area contributed by atoms with Crippen molar-refractivity contribution in [3.63, 3.8) is 0 Å². The Balaban J connectivity index is 1.36. The van der Waals surface area contributed by atoms with Crippen molar-refractivity contribution in [1.82, 2.24) is 29.5 Å². The lowest BCUT2D eigenvalue weighted by atomic mass is 10.1. The predicted octanol–water partition coefficient (Wildman–Crippen LogP) is 4.04. The first-order valence-electron chi connectivity index (χ1n) is 13.1. The maximum atomic E-state index is 13.8. The van der Waals surface area contributed by atoms with Crippen LogP contribution >= 0.6 is 0 Å². The van der Waals surface area contributed by atoms with E-state index in [4.69, 9.17) is 10.2 Å². The minimum Gasteiger partial charge on any atom is -0.611 e. The van der Waals surface area contributed by atoms with Crippen molar-refractivity contribution < 1.29 is 4.55 Å². The average molecular weight is 541 g/mol. The second-order valence-corrected chi connectivity index (χ2v) is 11.7. The molecule has 2 aliphatic carbocycles. The van der Waals surface area contributed by atoms with E-state index in [0.29, 0.717) is 40.3 Å². The molecule has 39 heavy (non-hydrogen) atoms. The molecule has 0 radical (unpaired) electrons. The molecule has 198 valence electrons. The number of anilines is 1. The maximum absolute atomic E-state index is 13.8. The highest BCUT2D eigenvalue weighted by Gasteiger charge is 2.33. The monoisotopic (exact) mass is 540 g/mol. The highest BCUT2D eigenvalue weighted by atomic mass is 32.2. The molecule has 3 heterocycles. The molecule has 0 amide bonds. The molecule has 0 bridgehead atoms. The van der Waals surface area contributed by atoms with Gasteiger partial charge in [-0.25, -0.2) is 24.9 Å². The van der Waals surface area contributed by atoms with Crippen molar-refractivity contribution >= 4 is 28.2 Å². The van der Waals surface area contributed by atoms with E-state index in [1.165, 1.54) is 0 Å². The Labute approximate surface area is 228 Å². The fraction of sp³-hybridized carbons (Fsp3) is 0.393. The van der Waals surface area contributed by atoms with Gasteiger partial charge in [0.15, 0.2) is 27.9 Å². The van der Waals surface area contributed by atoms with Crippen molar-refractivity contribution in [3.8, 4) is 17.5 Å². The Morgan fingerprint density at radius 3 is 2.62 bits per heavy atom. The summed E-state index contributed by atoms with van der Waals surface area (Å²) >= 11 is -1.35. The van der Waals surface area contributed by atoms with Gasteiger partial charge < -0.3 is 9.87 Å². The lowest BCUT2D eigenvalue weighted by Gasteiger charge is -2.19. The third-order valence-electron chi connectivity index (χ3n) is 7.44. The second kappa shape index (κ2) is 10.4. The van der Waals surface area contributed by atoms with Crippen molar-refractivity contribution in [1.29, 1.82) is 5.26 Å². The lowest BCUT2D eigenvalue weighted by molar-refractivity contribution is 0.482. The number of rotatable bonds is 9. The molecular formula is C28H28N8O2S. The number of fused-ring (bicyclic) bond motifs is 1. The van der Waals surface area contributed by atoms with E-state index in [9.17, 15) is 9.35 Å². The first-order chi connectivity index (χ1) is 18.9. The van der Waals surface area contributed by atoms with Crippen molar-refractivity contribution in [3.05, 3.63) is 64.1 Å². The van der Waals surface area contributed by atoms with Crippen LogP contribution in [0.3, 0.4) is 0 Å². The van der Waals surface area contributed by atoms with Crippen LogP contribution in [0, 0.1) is 24.2 Å². The summed E-state index contributed by atoms with van der Waals surface area (Å²) in [6.45, 7) is 4.37. The van der Waals surface area contributed by atoms with Crippen LogP contribution in [0.4, 0.5) is 5.82 Å². The Morgan fingerprint density at radius 2 is 1.92 bits per heavy atom. The van der Waals surface area contributed by atoms with Gasteiger partial charge in [-0.15, -0.1) is 0 Å². The highest BCUT2D eigenvalue weighted by molar-refractivity contribution is 7.91. The van der Waals surface area contributed by atoms with Gasteiger partial charge in [0.25, 0.3) is 5.56 Å². The molecule has 1 N–H and O–H groups in total. The van der Waals surface area contributed by atoms with Gasteiger partial charge in [-0.2, -0.15) is 5.26 Å². The summed E-state index contributed by atoms with van der Waals surface area (Å²) < 4.78 is 13.8. The largest absolute Gasteiger partial charge is 0.611 e. The number of aromatic nitrogens is 6. The summed E-state index contributed by atoms with van der Waals surface area (Å²) in [5.74, 6) is 1.54. The van der Waals surface area contributed by atoms with Crippen molar-refractivity contribution in [2.75, 3.05) is 11.1 Å². The number of nitrogens with zero attached hydrogens (tertiary/aromatic N) is 7. The molecule has 2 aliphatic rings. The number of benzene rings is 1. The molecule has 6 rings (SSSR count). The normalized spacial score (nSPS) is 16.6. The van der Waals surface area contributed by atoms with Crippen LogP contribution < -0.4 is 10.9 Å². The Hall–Kier alpha value is -3.88. The van der Waals surface area contributed by atoms with E-state index < -0.39 is 11.2 Å². The Kier molecular flexibility index (Phi) is 6.74. The molecular weight excluding hydrogens is 512 g/mol. The van der Waals surface area contributed by atoms with Gasteiger partial charge in [0.2, 0.25) is 0 Å². The van der Waals surface area contributed by atoms with E-state index in [-0.39, 0.29) is 23.2 Å². The highest BCUT2D eigenvalue weighted by Crippen LogP contribution is 2.43. The molecule has 11 heteroatoms. The number of hydrogen-bond acceptors (Lipinski definition) is 9. The van der Waals surface area contributed by atoms with Crippen LogP contribution in [-0.4, -0.2) is 39.8 Å². The zero-order chi connectivity index (χ0) is 27.1. The average Bonchev–Trinajstić information content (AvgIpc) is 3.85. The molecule has 3 aromatic heterocycles. The van der Waals surface area contributed by atoms with Gasteiger partial charge in [0, 0.05) is 18.5 Å². The fourth-order valence-electron chi connectivity index (χ4n) is 4.93. The quantitative estimate of drug-likeness (QED) is 0.311. The molecule has 2 unspecified atom stereocenters. The van der Waals surface area contributed by atoms with Gasteiger partial charge in [0.1, 0.15) is 17.9 Å². The van der Waals surface area contributed by atoms with E-state index >= 15 is 0 Å². The third kappa shape index (κ3) is 5.10. The molecule has 4 aromatic rings. The van der Waals surface area contributed by atoms with Gasteiger partial charge in [-0.1, -0.05) is 12.1 Å². The van der Waals surface area contributed by atoms with Gasteiger partial charge in [-0.3, -0.25) is 9.36 Å². The summed E-state index contributed by atoms with van der Waals surface area (Å²) in [5.41, 5.74) is 4.38. The molecule has 1 aromatic carbocycles. The van der Waals surface area contributed by atoms with E-state index in [0.717, 1.165) is 48.2 Å². The zero-order valence-corrected chi connectivity index (χ0v) is 22.6. The van der Waals surface area contributed by atoms with Crippen LogP contribution in [0.5, 0.6) is 0 Å². The molecule has 0 spiro atoms. The molecule has 2 fully saturated rings. The number of nitrogens with one attached hydrogen (secondary N) is 1. The van der Waals surface area contributed by atoms with Gasteiger partial charge >= 0.3 is 0 Å². The van der Waals surface area contributed by atoms with Gasteiger partial charge in [0.05, 0.1) is 23.1 Å². The number of hydrogen-bond donors (Lipinski definition) is 1. The van der Waals surface area contributed by atoms with E-state index in [2.05, 4.69) is 32.2 Å². The standard InChI is InChI=1S/C28H28N8O2S/c1-16-23(24(20-7-8-20)33-15-32-16)25-31-14-22-27(35-25)36(17(2)19-5-6-19)28(37)26(34-22)30-13-18-3-9-21(10-4-18)39(38)12-11-29/h3-4,9-10,14-15,17,19-20H,5-8,12-13H2,1-2H3,(H,30,34). The fourth-order valence-corrected chi connectivity index (χ4v) is 5.65. The predicted molar refractivity (Wildman–Crippen MR) is 147 cm³/mol. The molecule has 2 saturated carbocycles. The third-order valence-corrected chi connectivity index (χ3v) is 8.63. The van der Waals surface area contributed by atoms with Crippen LogP contribution in [0.2, 0.25) is 0 Å². The summed E-state index contributed by atoms with van der Waals surface area (Å²) in [6.07, 6.45) is 7.62. The van der Waals surface area contributed by atoms with Crippen LogP contribution in [0.15, 0.2) is 46.5 Å². The Bertz CT molecular complexity index is 1640. The Morgan fingerprint density at radius 1 is 1.15 bits per heavy atom. The maximum Gasteiger partial charge on any atom is 0.295 e. The van der Waals surface area contributed by atoms with Crippen molar-refractivity contribution in [2.24, 2.45) is 5.92 Å². The summed E-state index contributed by atoms with van der Waals surface area (Å²) in [5, 5.41) is 12.0. The molecule has 0 saturated heterocycles. The molecule has 0 aliphatic heterocycles. The van der Waals surface area contributed by atoms with Crippen molar-refractivity contribution in [2.45, 2.75) is 62.9 Å². The minimum absolute atomic E-state index is 0.0308. The molecule has 10 nitrogen and oxygen atoms in total. The first-order valence-corrected chi connectivity index (χ1v) is 14.5. The minimum atomic E-state index is -1.35. The SMILES string of the molecule is Cc1ncnc(C2CC2)c1-c1ncc2nc(NCc3ccc([S+]([O-])CC#N)cc3)c(=O)n(C(C)C3CC3)c2n1. The summed E-state index contributed by atoms with van der Waals surface area (Å²) in [6, 6.07) is 9.05. The van der Waals surface area contributed by atoms with Crippen LogP contribution in [-0.2, 0) is 17.7 Å². The second-order valence-electron chi connectivity index (χ2n) is 10.3. The summed E-state index contributed by atoms with van der Waals surface area (Å²) in [7, 11) is 0. The van der Waals surface area contributed by atoms with Gasteiger partial charge in [-0.05, 0) is 74.3 Å². The smallest absolute Gasteiger partial charge is 0.295 e. The molecule has 2 atom stereocenters. The summed E-state index contributed by atoms with van der Waals surface area (Å²) in [4.78, 5) is 37.5. The first kappa shape index (κ1) is 25.4. The topological polar surface area (TPSA) is 145 Å². The zero-order valence-electron chi connectivity index (χ0n) is 21.8. The number of aryl methyl sites for hydroxylation is 1. The van der Waals surface area contributed by atoms with Crippen LogP contribution in [0.25, 0.3) is 22.6 Å².